The normalized spacial score (nSPS) is 17.2. The third-order valence-electron chi connectivity index (χ3n) is 5.54. The van der Waals surface area contributed by atoms with Gasteiger partial charge in [0.25, 0.3) is 0 Å². The molecule has 1 saturated heterocycles. The Morgan fingerprint density at radius 1 is 1.23 bits per heavy atom. The van der Waals surface area contributed by atoms with Crippen LogP contribution in [0, 0.1) is 28.8 Å². The van der Waals surface area contributed by atoms with Gasteiger partial charge < -0.3 is 9.80 Å². The van der Waals surface area contributed by atoms with Crippen molar-refractivity contribution >= 4 is 23.2 Å². The second kappa shape index (κ2) is 8.97. The molecule has 0 bridgehead atoms. The summed E-state index contributed by atoms with van der Waals surface area (Å²) in [7, 11) is 0. The summed E-state index contributed by atoms with van der Waals surface area (Å²) >= 11 is 6.18. The van der Waals surface area contributed by atoms with Gasteiger partial charge in [0, 0.05) is 42.9 Å². The fourth-order valence-corrected chi connectivity index (χ4v) is 3.86. The molecule has 30 heavy (non-hydrogen) atoms. The van der Waals surface area contributed by atoms with Crippen molar-refractivity contribution < 1.29 is 18.0 Å². The topological polar surface area (TPSA) is 47.3 Å². The maximum Gasteiger partial charge on any atom is 0.225 e. The first-order chi connectivity index (χ1) is 14.2. The van der Waals surface area contributed by atoms with E-state index in [-0.39, 0.29) is 47.1 Å². The van der Waals surface area contributed by atoms with Crippen molar-refractivity contribution in [2.75, 3.05) is 11.4 Å². The van der Waals surface area contributed by atoms with Crippen molar-refractivity contribution in [3.8, 4) is 6.07 Å². The molecule has 1 heterocycles. The van der Waals surface area contributed by atoms with Crippen LogP contribution in [0.25, 0.3) is 0 Å². The Kier molecular flexibility index (Phi) is 6.57. The number of likely N-dealkylation sites (tertiary alicyclic amines) is 1. The highest BCUT2D eigenvalue weighted by atomic mass is 35.5. The highest BCUT2D eigenvalue weighted by Crippen LogP contribution is 2.31. The van der Waals surface area contributed by atoms with Crippen LogP contribution in [-0.4, -0.2) is 29.4 Å². The van der Waals surface area contributed by atoms with Gasteiger partial charge in [0.1, 0.15) is 11.9 Å². The molecule has 0 radical (unpaired) electrons. The van der Waals surface area contributed by atoms with E-state index in [1.165, 1.54) is 6.07 Å². The SMILES string of the molecule is CCC(C)N1C[C@@H](N(Cc2cc(F)c(F)cc2F)c2ccc(C#N)c(Cl)c2)CC1=O. The molecule has 1 fully saturated rings. The molecule has 1 aliphatic rings. The average Bonchev–Trinajstić information content (AvgIpc) is 3.10. The Balaban J connectivity index is 2.00. The Labute approximate surface area is 178 Å². The molecule has 158 valence electrons. The van der Waals surface area contributed by atoms with E-state index in [0.29, 0.717) is 18.3 Å². The molecule has 4 nitrogen and oxygen atoms in total. The standard InChI is InChI=1S/C22H21ClF3N3O/c1-3-13(2)28-12-17(8-22(28)30)29(16-5-4-14(10-27)18(23)7-16)11-15-6-20(25)21(26)9-19(15)24/h4-7,9,13,17H,3,8,11-12H2,1-2H3/t13?,17-/m0/s1. The van der Waals surface area contributed by atoms with Crippen LogP contribution in [0.4, 0.5) is 18.9 Å². The number of halogens is 4. The highest BCUT2D eigenvalue weighted by Gasteiger charge is 2.36. The molecule has 3 rings (SSSR count). The monoisotopic (exact) mass is 435 g/mol. The number of rotatable bonds is 6. The van der Waals surface area contributed by atoms with Crippen LogP contribution in [0.5, 0.6) is 0 Å². The lowest BCUT2D eigenvalue weighted by molar-refractivity contribution is -0.129. The fraction of sp³-hybridized carbons (Fsp3) is 0.364. The number of carbonyl (C=O) groups is 1. The quantitative estimate of drug-likeness (QED) is 0.597. The van der Waals surface area contributed by atoms with Gasteiger partial charge in [-0.3, -0.25) is 4.79 Å². The summed E-state index contributed by atoms with van der Waals surface area (Å²) in [5.74, 6) is -3.30. The molecule has 0 saturated carbocycles. The maximum absolute atomic E-state index is 14.3. The number of nitrogens with zero attached hydrogens (tertiary/aromatic N) is 3. The van der Waals surface area contributed by atoms with E-state index in [9.17, 15) is 18.0 Å². The minimum absolute atomic E-state index is 0.0233. The molecule has 1 amide bonds. The lowest BCUT2D eigenvalue weighted by atomic mass is 10.1. The molecule has 8 heteroatoms. The minimum atomic E-state index is -1.26. The predicted molar refractivity (Wildman–Crippen MR) is 109 cm³/mol. The van der Waals surface area contributed by atoms with Crippen molar-refractivity contribution in [3.63, 3.8) is 0 Å². The summed E-state index contributed by atoms with van der Waals surface area (Å²) in [4.78, 5) is 16.1. The van der Waals surface area contributed by atoms with Gasteiger partial charge in [0.2, 0.25) is 5.91 Å². The number of anilines is 1. The third kappa shape index (κ3) is 4.39. The first kappa shape index (κ1) is 22.0. The van der Waals surface area contributed by atoms with Crippen LogP contribution in [0.2, 0.25) is 5.02 Å². The van der Waals surface area contributed by atoms with Gasteiger partial charge in [-0.15, -0.1) is 0 Å². The lowest BCUT2D eigenvalue weighted by Gasteiger charge is -2.32. The third-order valence-corrected chi connectivity index (χ3v) is 5.85. The Hall–Kier alpha value is -2.72. The molecular formula is C22H21ClF3N3O. The number of hydrogen-bond acceptors (Lipinski definition) is 3. The van der Waals surface area contributed by atoms with Gasteiger partial charge in [-0.25, -0.2) is 13.2 Å². The summed E-state index contributed by atoms with van der Waals surface area (Å²) in [5.41, 5.74) is 0.804. The van der Waals surface area contributed by atoms with E-state index in [4.69, 9.17) is 16.9 Å². The number of benzene rings is 2. The summed E-state index contributed by atoms with van der Waals surface area (Å²) < 4.78 is 41.5. The summed E-state index contributed by atoms with van der Waals surface area (Å²) in [5, 5.41) is 9.34. The van der Waals surface area contributed by atoms with E-state index in [1.54, 1.807) is 21.9 Å². The van der Waals surface area contributed by atoms with Gasteiger partial charge in [-0.2, -0.15) is 5.26 Å². The van der Waals surface area contributed by atoms with Gasteiger partial charge in [-0.05, 0) is 37.6 Å². The fourth-order valence-electron chi connectivity index (χ4n) is 3.64. The van der Waals surface area contributed by atoms with Crippen LogP contribution in [0.1, 0.15) is 37.8 Å². The zero-order valence-electron chi connectivity index (χ0n) is 16.6. The maximum atomic E-state index is 14.3. The van der Waals surface area contributed by atoms with E-state index in [0.717, 1.165) is 12.5 Å². The molecule has 0 aromatic heterocycles. The number of hydrogen-bond donors (Lipinski definition) is 0. The van der Waals surface area contributed by atoms with E-state index >= 15 is 0 Å². The number of amides is 1. The molecule has 1 aliphatic heterocycles. The first-order valence-corrected chi connectivity index (χ1v) is 10.0. The van der Waals surface area contributed by atoms with Crippen LogP contribution < -0.4 is 4.90 Å². The van der Waals surface area contributed by atoms with Crippen LogP contribution in [0.15, 0.2) is 30.3 Å². The van der Waals surface area contributed by atoms with Gasteiger partial charge >= 0.3 is 0 Å². The molecule has 2 atom stereocenters. The van der Waals surface area contributed by atoms with E-state index in [1.807, 2.05) is 19.9 Å². The lowest BCUT2D eigenvalue weighted by Crippen LogP contribution is -2.40. The van der Waals surface area contributed by atoms with Crippen LogP contribution >= 0.6 is 11.6 Å². The average molecular weight is 436 g/mol. The molecule has 1 unspecified atom stereocenters. The van der Waals surface area contributed by atoms with Crippen molar-refractivity contribution in [3.05, 3.63) is 63.9 Å². The largest absolute Gasteiger partial charge is 0.362 e. The van der Waals surface area contributed by atoms with Crippen molar-refractivity contribution in [2.24, 2.45) is 0 Å². The van der Waals surface area contributed by atoms with Gasteiger partial charge in [-0.1, -0.05) is 18.5 Å². The molecule has 0 N–H and O–H groups in total. The molecular weight excluding hydrogens is 415 g/mol. The van der Waals surface area contributed by atoms with Crippen molar-refractivity contribution in [1.82, 2.24) is 4.90 Å². The van der Waals surface area contributed by atoms with Crippen molar-refractivity contribution in [1.29, 1.82) is 5.26 Å². The molecule has 2 aromatic rings. The molecule has 0 aliphatic carbocycles. The highest BCUT2D eigenvalue weighted by molar-refractivity contribution is 6.32. The smallest absolute Gasteiger partial charge is 0.225 e. The van der Waals surface area contributed by atoms with Crippen LogP contribution in [0.3, 0.4) is 0 Å². The summed E-state index contributed by atoms with van der Waals surface area (Å²) in [6.45, 7) is 4.27. The zero-order chi connectivity index (χ0) is 22.0. The minimum Gasteiger partial charge on any atom is -0.362 e. The molecule has 2 aromatic carbocycles. The molecule has 0 spiro atoms. The van der Waals surface area contributed by atoms with Gasteiger partial charge in [0.05, 0.1) is 16.6 Å². The Bertz CT molecular complexity index is 1010. The predicted octanol–water partition coefficient (Wildman–Crippen LogP) is 5.03. The number of nitriles is 1. The number of carbonyl (C=O) groups excluding carboxylic acids is 1. The van der Waals surface area contributed by atoms with Crippen molar-refractivity contribution in [2.45, 2.75) is 45.3 Å². The summed E-state index contributed by atoms with van der Waals surface area (Å²) in [6.07, 6.45) is 0.992. The zero-order valence-corrected chi connectivity index (χ0v) is 17.4. The first-order valence-electron chi connectivity index (χ1n) is 9.64. The van der Waals surface area contributed by atoms with Gasteiger partial charge in [0.15, 0.2) is 11.6 Å². The van der Waals surface area contributed by atoms with E-state index in [2.05, 4.69) is 0 Å². The second-order valence-corrected chi connectivity index (χ2v) is 7.83. The van der Waals surface area contributed by atoms with E-state index < -0.39 is 17.5 Å². The Morgan fingerprint density at radius 2 is 1.93 bits per heavy atom. The summed E-state index contributed by atoms with van der Waals surface area (Å²) in [6, 6.07) is 7.80. The second-order valence-electron chi connectivity index (χ2n) is 7.42. The Morgan fingerprint density at radius 3 is 2.57 bits per heavy atom. The van der Waals surface area contributed by atoms with Crippen LogP contribution in [-0.2, 0) is 11.3 Å².